The van der Waals surface area contributed by atoms with Crippen molar-refractivity contribution in [3.63, 3.8) is 0 Å². The summed E-state index contributed by atoms with van der Waals surface area (Å²) >= 11 is 0. The second kappa shape index (κ2) is 6.93. The first-order chi connectivity index (χ1) is 11.1. The maximum Gasteiger partial charge on any atom is 0.163 e. The van der Waals surface area contributed by atoms with Crippen molar-refractivity contribution in [1.29, 1.82) is 15.8 Å². The highest BCUT2D eigenvalue weighted by atomic mass is 15.1. The Bertz CT molecular complexity index is 834. The number of rotatable bonds is 4. The molecule has 6 nitrogen and oxygen atoms in total. The Morgan fingerprint density at radius 2 is 1.74 bits per heavy atom. The molecule has 0 amide bonds. The summed E-state index contributed by atoms with van der Waals surface area (Å²) in [7, 11) is 0. The lowest BCUT2D eigenvalue weighted by molar-refractivity contribution is 0.752. The van der Waals surface area contributed by atoms with Crippen molar-refractivity contribution in [3.8, 4) is 23.9 Å². The lowest BCUT2D eigenvalue weighted by Gasteiger charge is -2.11. The number of imidazole rings is 1. The van der Waals surface area contributed by atoms with Crippen LogP contribution in [0.15, 0.2) is 47.9 Å². The van der Waals surface area contributed by atoms with E-state index < -0.39 is 0 Å². The third-order valence-corrected chi connectivity index (χ3v) is 3.19. The summed E-state index contributed by atoms with van der Waals surface area (Å²) in [6.45, 7) is 4.15. The average molecular weight is 302 g/mol. The SMILES string of the molecule is CC(C)c1nccn1-c1ccc(NC(C#N)=C(C#N)C#N)cc1. The van der Waals surface area contributed by atoms with Gasteiger partial charge < -0.3 is 9.88 Å². The molecule has 0 atom stereocenters. The zero-order valence-corrected chi connectivity index (χ0v) is 12.8. The van der Waals surface area contributed by atoms with E-state index in [1.165, 1.54) is 0 Å². The summed E-state index contributed by atoms with van der Waals surface area (Å²) < 4.78 is 1.99. The van der Waals surface area contributed by atoms with E-state index >= 15 is 0 Å². The van der Waals surface area contributed by atoms with E-state index in [1.807, 2.05) is 29.0 Å². The molecule has 1 aromatic carbocycles. The van der Waals surface area contributed by atoms with Gasteiger partial charge in [-0.05, 0) is 24.3 Å². The minimum absolute atomic E-state index is 0.0618. The Kier molecular flexibility index (Phi) is 4.77. The Balaban J connectivity index is 2.29. The van der Waals surface area contributed by atoms with Gasteiger partial charge in [-0.2, -0.15) is 15.8 Å². The molecule has 2 rings (SSSR count). The summed E-state index contributed by atoms with van der Waals surface area (Å²) in [5.74, 6) is 1.25. The quantitative estimate of drug-likeness (QED) is 0.874. The van der Waals surface area contributed by atoms with Crippen molar-refractivity contribution < 1.29 is 0 Å². The van der Waals surface area contributed by atoms with Gasteiger partial charge in [0.05, 0.1) is 0 Å². The molecule has 6 heteroatoms. The third kappa shape index (κ3) is 3.37. The van der Waals surface area contributed by atoms with Gasteiger partial charge in [0, 0.05) is 29.7 Å². The van der Waals surface area contributed by atoms with Crippen LogP contribution in [-0.4, -0.2) is 9.55 Å². The molecule has 0 unspecified atom stereocenters. The zero-order valence-electron chi connectivity index (χ0n) is 12.8. The van der Waals surface area contributed by atoms with E-state index in [-0.39, 0.29) is 11.3 Å². The fourth-order valence-corrected chi connectivity index (χ4v) is 2.09. The van der Waals surface area contributed by atoms with E-state index in [1.54, 1.807) is 30.5 Å². The first-order valence-corrected chi connectivity index (χ1v) is 6.96. The van der Waals surface area contributed by atoms with Crippen LogP contribution in [0.4, 0.5) is 5.69 Å². The van der Waals surface area contributed by atoms with E-state index in [0.29, 0.717) is 11.6 Å². The molecular formula is C17H14N6. The zero-order chi connectivity index (χ0) is 16.8. The Labute approximate surface area is 134 Å². The minimum Gasteiger partial charge on any atom is -0.345 e. The lowest BCUT2D eigenvalue weighted by Crippen LogP contribution is -2.03. The normalized spacial score (nSPS) is 9.57. The van der Waals surface area contributed by atoms with Gasteiger partial charge in [0.1, 0.15) is 29.7 Å². The summed E-state index contributed by atoms with van der Waals surface area (Å²) in [4.78, 5) is 4.35. The second-order valence-corrected chi connectivity index (χ2v) is 5.07. The number of benzene rings is 1. The minimum atomic E-state index is -0.242. The van der Waals surface area contributed by atoms with Crippen LogP contribution >= 0.6 is 0 Å². The van der Waals surface area contributed by atoms with Crippen LogP contribution in [0.1, 0.15) is 25.6 Å². The highest BCUT2D eigenvalue weighted by Gasteiger charge is 2.09. The first kappa shape index (κ1) is 15.8. The molecule has 1 aromatic heterocycles. The number of allylic oxidation sites excluding steroid dienone is 2. The fourth-order valence-electron chi connectivity index (χ4n) is 2.09. The molecule has 0 aliphatic carbocycles. The highest BCUT2D eigenvalue weighted by Crippen LogP contribution is 2.20. The predicted molar refractivity (Wildman–Crippen MR) is 85.1 cm³/mol. The molecule has 0 aliphatic rings. The van der Waals surface area contributed by atoms with Gasteiger partial charge in [0.15, 0.2) is 5.57 Å². The van der Waals surface area contributed by atoms with E-state index in [0.717, 1.165) is 11.5 Å². The maximum absolute atomic E-state index is 9.04. The molecule has 2 aromatic rings. The van der Waals surface area contributed by atoms with Crippen molar-refractivity contribution in [1.82, 2.24) is 9.55 Å². The summed E-state index contributed by atoms with van der Waals surface area (Å²) in [6.07, 6.45) is 3.64. The van der Waals surface area contributed by atoms with E-state index in [4.69, 9.17) is 15.8 Å². The van der Waals surface area contributed by atoms with Crippen molar-refractivity contribution >= 4 is 5.69 Å². The lowest BCUT2D eigenvalue weighted by atomic mass is 10.2. The average Bonchev–Trinajstić information content (AvgIpc) is 3.05. The van der Waals surface area contributed by atoms with Gasteiger partial charge in [0.2, 0.25) is 0 Å². The molecule has 0 radical (unpaired) electrons. The number of anilines is 1. The molecule has 0 spiro atoms. The van der Waals surface area contributed by atoms with Crippen LogP contribution in [0.3, 0.4) is 0 Å². The van der Waals surface area contributed by atoms with Crippen LogP contribution in [-0.2, 0) is 0 Å². The van der Waals surface area contributed by atoms with E-state index in [2.05, 4.69) is 24.1 Å². The van der Waals surface area contributed by atoms with Gasteiger partial charge in [-0.15, -0.1) is 0 Å². The van der Waals surface area contributed by atoms with Crippen LogP contribution in [0.5, 0.6) is 0 Å². The van der Waals surface area contributed by atoms with Gasteiger partial charge in [-0.3, -0.25) is 0 Å². The smallest absolute Gasteiger partial charge is 0.163 e. The monoisotopic (exact) mass is 302 g/mol. The first-order valence-electron chi connectivity index (χ1n) is 6.96. The molecule has 1 heterocycles. The van der Waals surface area contributed by atoms with Crippen LogP contribution in [0.2, 0.25) is 0 Å². The molecule has 0 bridgehead atoms. The van der Waals surface area contributed by atoms with Gasteiger partial charge in [0.25, 0.3) is 0 Å². The molecule has 0 saturated heterocycles. The molecule has 1 N–H and O–H groups in total. The van der Waals surface area contributed by atoms with Crippen molar-refractivity contribution in [2.45, 2.75) is 19.8 Å². The van der Waals surface area contributed by atoms with Crippen molar-refractivity contribution in [2.24, 2.45) is 0 Å². The molecule has 112 valence electrons. The number of hydrogen-bond donors (Lipinski definition) is 1. The van der Waals surface area contributed by atoms with Gasteiger partial charge >= 0.3 is 0 Å². The molecule has 0 aliphatic heterocycles. The Hall–Kier alpha value is -3.56. The molecule has 23 heavy (non-hydrogen) atoms. The van der Waals surface area contributed by atoms with Gasteiger partial charge in [-0.1, -0.05) is 13.8 Å². The predicted octanol–water partition coefficient (Wildman–Crippen LogP) is 3.23. The largest absolute Gasteiger partial charge is 0.345 e. The van der Waals surface area contributed by atoms with E-state index in [9.17, 15) is 0 Å². The topological polar surface area (TPSA) is 101 Å². The number of aromatic nitrogens is 2. The Morgan fingerprint density at radius 3 is 2.26 bits per heavy atom. The number of nitrogens with one attached hydrogen (secondary N) is 1. The Morgan fingerprint density at radius 1 is 1.09 bits per heavy atom. The number of nitrogens with zero attached hydrogens (tertiary/aromatic N) is 5. The fraction of sp³-hybridized carbons (Fsp3) is 0.176. The summed E-state index contributed by atoms with van der Waals surface area (Å²) in [5.41, 5.74) is 1.26. The maximum atomic E-state index is 9.04. The third-order valence-electron chi connectivity index (χ3n) is 3.19. The van der Waals surface area contributed by atoms with Crippen molar-refractivity contribution in [3.05, 3.63) is 53.8 Å². The van der Waals surface area contributed by atoms with Crippen LogP contribution in [0, 0.1) is 34.0 Å². The standard InChI is InChI=1S/C17H14N6/c1-12(2)17-21-7-8-23(17)15-5-3-14(4-6-15)22-16(11-20)13(9-18)10-19/h3-8,12,22H,1-2H3. The molecule has 0 fully saturated rings. The number of nitriles is 3. The summed E-state index contributed by atoms with van der Waals surface area (Å²) in [5, 5.41) is 29.5. The molecular weight excluding hydrogens is 288 g/mol. The van der Waals surface area contributed by atoms with Crippen molar-refractivity contribution in [2.75, 3.05) is 5.32 Å². The van der Waals surface area contributed by atoms with Crippen LogP contribution in [0.25, 0.3) is 5.69 Å². The summed E-state index contributed by atoms with van der Waals surface area (Å²) in [6, 6.07) is 12.5. The van der Waals surface area contributed by atoms with Crippen LogP contribution < -0.4 is 5.32 Å². The number of hydrogen-bond acceptors (Lipinski definition) is 5. The van der Waals surface area contributed by atoms with Gasteiger partial charge in [-0.25, -0.2) is 4.98 Å². The highest BCUT2D eigenvalue weighted by molar-refractivity contribution is 5.59. The molecule has 0 saturated carbocycles. The second-order valence-electron chi connectivity index (χ2n) is 5.07.